The first-order chi connectivity index (χ1) is 15.6. The van der Waals surface area contributed by atoms with Crippen molar-refractivity contribution < 1.29 is 4.79 Å². The monoisotopic (exact) mass is 425 g/mol. The van der Waals surface area contributed by atoms with Gasteiger partial charge in [-0.15, -0.1) is 0 Å². The lowest BCUT2D eigenvalue weighted by molar-refractivity contribution is -0.119. The van der Waals surface area contributed by atoms with Crippen molar-refractivity contribution in [2.24, 2.45) is 21.5 Å². The summed E-state index contributed by atoms with van der Waals surface area (Å²) < 4.78 is 0. The molecule has 3 aromatic carbocycles. The molecule has 0 fully saturated rings. The summed E-state index contributed by atoms with van der Waals surface area (Å²) in [4.78, 5) is 24.7. The second kappa shape index (κ2) is 9.92. The maximum absolute atomic E-state index is 13.8. The number of benzodiazepines with no additional fused rings is 1. The maximum Gasteiger partial charge on any atom is 0.252 e. The molecular weight excluding hydrogens is 398 g/mol. The number of aliphatic imine (C=N–C) groups is 2. The highest BCUT2D eigenvalue weighted by Crippen LogP contribution is 2.29. The number of guanidine groups is 1. The van der Waals surface area contributed by atoms with Crippen molar-refractivity contribution in [1.82, 2.24) is 0 Å². The average Bonchev–Trinajstić information content (AvgIpc) is 2.93. The summed E-state index contributed by atoms with van der Waals surface area (Å²) in [6.45, 7) is 0.972. The van der Waals surface area contributed by atoms with E-state index < -0.39 is 6.04 Å². The second-order valence-electron chi connectivity index (χ2n) is 7.72. The summed E-state index contributed by atoms with van der Waals surface area (Å²) in [5.41, 5.74) is 15.6. The van der Waals surface area contributed by atoms with Crippen LogP contribution in [0.2, 0.25) is 0 Å². The molecule has 6 heteroatoms. The van der Waals surface area contributed by atoms with Gasteiger partial charge in [0.25, 0.3) is 5.91 Å². The molecule has 0 bridgehead atoms. The lowest BCUT2D eigenvalue weighted by atomic mass is 10.00. The number of rotatable bonds is 7. The molecule has 1 amide bonds. The molecule has 4 rings (SSSR count). The molecule has 4 N–H and O–H groups in total. The van der Waals surface area contributed by atoms with Gasteiger partial charge in [-0.25, -0.2) is 0 Å². The first-order valence-electron chi connectivity index (χ1n) is 10.8. The number of fused-ring (bicyclic) bond motifs is 1. The molecule has 1 aliphatic heterocycles. The summed E-state index contributed by atoms with van der Waals surface area (Å²) in [6, 6.07) is 27.5. The molecule has 1 heterocycles. The SMILES string of the molecule is NC(N)=NCCCN1C(=O)C(Cc2ccccc2)N=C(c2ccccc2)c2ccccc21. The van der Waals surface area contributed by atoms with E-state index in [4.69, 9.17) is 16.5 Å². The van der Waals surface area contributed by atoms with E-state index in [1.165, 1.54) is 0 Å². The third kappa shape index (κ3) is 4.86. The van der Waals surface area contributed by atoms with Gasteiger partial charge >= 0.3 is 0 Å². The Hall–Kier alpha value is -3.93. The van der Waals surface area contributed by atoms with Crippen LogP contribution in [0.5, 0.6) is 0 Å². The van der Waals surface area contributed by atoms with Crippen LogP contribution in [-0.4, -0.2) is 36.7 Å². The summed E-state index contributed by atoms with van der Waals surface area (Å²) in [7, 11) is 0. The number of nitrogens with zero attached hydrogens (tertiary/aromatic N) is 3. The average molecular weight is 426 g/mol. The summed E-state index contributed by atoms with van der Waals surface area (Å²) in [5, 5.41) is 0. The Bertz CT molecular complexity index is 1120. The van der Waals surface area contributed by atoms with Gasteiger partial charge in [0.1, 0.15) is 6.04 Å². The van der Waals surface area contributed by atoms with E-state index >= 15 is 0 Å². The number of amides is 1. The van der Waals surface area contributed by atoms with E-state index in [9.17, 15) is 4.79 Å². The lowest BCUT2D eigenvalue weighted by Crippen LogP contribution is -2.40. The molecule has 32 heavy (non-hydrogen) atoms. The topological polar surface area (TPSA) is 97.1 Å². The predicted molar refractivity (Wildman–Crippen MR) is 130 cm³/mol. The largest absolute Gasteiger partial charge is 0.370 e. The Labute approximate surface area is 188 Å². The molecule has 0 saturated carbocycles. The second-order valence-corrected chi connectivity index (χ2v) is 7.72. The van der Waals surface area contributed by atoms with Crippen LogP contribution in [0.1, 0.15) is 23.1 Å². The Kier molecular flexibility index (Phi) is 6.60. The quantitative estimate of drug-likeness (QED) is 0.346. The van der Waals surface area contributed by atoms with Crippen molar-refractivity contribution in [2.45, 2.75) is 18.9 Å². The van der Waals surface area contributed by atoms with Crippen molar-refractivity contribution in [3.63, 3.8) is 0 Å². The van der Waals surface area contributed by atoms with E-state index in [0.717, 1.165) is 28.1 Å². The highest BCUT2D eigenvalue weighted by molar-refractivity contribution is 6.20. The minimum atomic E-state index is -0.525. The number of carbonyl (C=O) groups is 1. The van der Waals surface area contributed by atoms with Gasteiger partial charge in [-0.2, -0.15) is 0 Å². The highest BCUT2D eigenvalue weighted by Gasteiger charge is 2.31. The number of para-hydroxylation sites is 1. The van der Waals surface area contributed by atoms with Crippen LogP contribution in [0.3, 0.4) is 0 Å². The van der Waals surface area contributed by atoms with Crippen LogP contribution >= 0.6 is 0 Å². The van der Waals surface area contributed by atoms with Crippen molar-refractivity contribution in [3.8, 4) is 0 Å². The van der Waals surface area contributed by atoms with Crippen LogP contribution in [0.4, 0.5) is 5.69 Å². The Morgan fingerprint density at radius 1 is 0.906 bits per heavy atom. The third-order valence-electron chi connectivity index (χ3n) is 5.44. The van der Waals surface area contributed by atoms with Crippen LogP contribution in [0.25, 0.3) is 0 Å². The fourth-order valence-corrected chi connectivity index (χ4v) is 3.95. The number of anilines is 1. The zero-order valence-electron chi connectivity index (χ0n) is 17.9. The molecule has 0 spiro atoms. The standard InChI is InChI=1S/C26H27N5O/c27-26(28)29-16-9-17-31-23-15-8-7-14-21(23)24(20-12-5-2-6-13-20)30-22(25(31)32)18-19-10-3-1-4-11-19/h1-8,10-15,22H,9,16-18H2,(H4,27,28,29). The summed E-state index contributed by atoms with van der Waals surface area (Å²) in [5.74, 6) is 0.0428. The van der Waals surface area contributed by atoms with Gasteiger partial charge in [-0.1, -0.05) is 78.9 Å². The van der Waals surface area contributed by atoms with Crippen molar-refractivity contribution in [3.05, 3.63) is 102 Å². The molecule has 1 unspecified atom stereocenters. The van der Waals surface area contributed by atoms with Crippen LogP contribution in [0.15, 0.2) is 94.9 Å². The zero-order valence-corrected chi connectivity index (χ0v) is 17.9. The maximum atomic E-state index is 13.8. The minimum Gasteiger partial charge on any atom is -0.370 e. The summed E-state index contributed by atoms with van der Waals surface area (Å²) >= 11 is 0. The van der Waals surface area contributed by atoms with Gasteiger partial charge in [0, 0.05) is 30.6 Å². The van der Waals surface area contributed by atoms with Crippen molar-refractivity contribution in [1.29, 1.82) is 0 Å². The highest BCUT2D eigenvalue weighted by atomic mass is 16.2. The van der Waals surface area contributed by atoms with E-state index in [2.05, 4.69) is 4.99 Å². The van der Waals surface area contributed by atoms with E-state index in [1.807, 2.05) is 89.8 Å². The summed E-state index contributed by atoms with van der Waals surface area (Å²) in [6.07, 6.45) is 1.19. The molecule has 1 aliphatic rings. The molecule has 0 aromatic heterocycles. The van der Waals surface area contributed by atoms with Gasteiger partial charge in [0.2, 0.25) is 0 Å². The van der Waals surface area contributed by atoms with Crippen LogP contribution < -0.4 is 16.4 Å². The molecule has 6 nitrogen and oxygen atoms in total. The number of carbonyl (C=O) groups excluding carboxylic acids is 1. The molecule has 3 aromatic rings. The number of hydrogen-bond donors (Lipinski definition) is 2. The molecule has 0 aliphatic carbocycles. The Morgan fingerprint density at radius 2 is 1.56 bits per heavy atom. The van der Waals surface area contributed by atoms with Crippen molar-refractivity contribution >= 4 is 23.3 Å². The Balaban J connectivity index is 1.76. The number of hydrogen-bond acceptors (Lipinski definition) is 3. The first-order valence-corrected chi connectivity index (χ1v) is 10.8. The van der Waals surface area contributed by atoms with Gasteiger partial charge in [-0.05, 0) is 18.1 Å². The first kappa shape index (κ1) is 21.3. The van der Waals surface area contributed by atoms with E-state index in [1.54, 1.807) is 0 Å². The van der Waals surface area contributed by atoms with Gasteiger partial charge in [0.05, 0.1) is 11.4 Å². The van der Waals surface area contributed by atoms with E-state index in [0.29, 0.717) is 25.9 Å². The molecule has 162 valence electrons. The molecular formula is C26H27N5O. The minimum absolute atomic E-state index is 0.0167. The lowest BCUT2D eigenvalue weighted by Gasteiger charge is -2.25. The van der Waals surface area contributed by atoms with Crippen LogP contribution in [-0.2, 0) is 11.2 Å². The number of nitrogens with two attached hydrogens (primary N) is 2. The Morgan fingerprint density at radius 3 is 2.28 bits per heavy atom. The van der Waals surface area contributed by atoms with Gasteiger partial charge in [-0.3, -0.25) is 14.8 Å². The molecule has 0 radical (unpaired) electrons. The fraction of sp³-hybridized carbons (Fsp3) is 0.192. The third-order valence-corrected chi connectivity index (χ3v) is 5.44. The fourth-order valence-electron chi connectivity index (χ4n) is 3.95. The zero-order chi connectivity index (χ0) is 22.3. The van der Waals surface area contributed by atoms with Crippen molar-refractivity contribution in [2.75, 3.05) is 18.0 Å². The normalized spacial score (nSPS) is 15.5. The molecule has 0 saturated heterocycles. The smallest absolute Gasteiger partial charge is 0.252 e. The van der Waals surface area contributed by atoms with Gasteiger partial charge in [0.15, 0.2) is 5.96 Å². The predicted octanol–water partition coefficient (Wildman–Crippen LogP) is 3.15. The van der Waals surface area contributed by atoms with Crippen LogP contribution in [0, 0.1) is 0 Å². The van der Waals surface area contributed by atoms with Gasteiger partial charge < -0.3 is 16.4 Å². The van der Waals surface area contributed by atoms with E-state index in [-0.39, 0.29) is 11.9 Å². The number of benzene rings is 3. The molecule has 1 atom stereocenters.